The van der Waals surface area contributed by atoms with Crippen molar-refractivity contribution in [2.75, 3.05) is 11.1 Å². The first-order chi connectivity index (χ1) is 6.58. The molecule has 0 saturated carbocycles. The monoisotopic (exact) mass is 214 g/mol. The number of nitrogens with two attached hydrogens (primary N) is 1. The molecule has 1 atom stereocenters. The second kappa shape index (κ2) is 5.14. The maximum atomic E-state index is 5.42. The van der Waals surface area contributed by atoms with Gasteiger partial charge in [0.15, 0.2) is 0 Å². The lowest BCUT2D eigenvalue weighted by Crippen LogP contribution is -2.15. The van der Waals surface area contributed by atoms with Crippen LogP contribution in [0.5, 0.6) is 0 Å². The van der Waals surface area contributed by atoms with Crippen LogP contribution < -0.4 is 11.1 Å². The second-order valence-electron chi connectivity index (χ2n) is 3.97. The lowest BCUT2D eigenvalue weighted by molar-refractivity contribution is 0.527. The number of hydrogen-bond donors (Lipinski definition) is 2. The summed E-state index contributed by atoms with van der Waals surface area (Å²) in [7, 11) is 0. The SMILES string of the molecule is CC(C)CCC(C)Nc1nc(N)ns1. The van der Waals surface area contributed by atoms with Crippen LogP contribution in [0.15, 0.2) is 0 Å². The molecule has 0 aliphatic rings. The molecule has 1 rings (SSSR count). The summed E-state index contributed by atoms with van der Waals surface area (Å²) in [6.45, 7) is 6.62. The zero-order chi connectivity index (χ0) is 10.6. The maximum Gasteiger partial charge on any atom is 0.233 e. The fraction of sp³-hybridized carbons (Fsp3) is 0.778. The molecule has 0 spiro atoms. The number of rotatable bonds is 5. The molecule has 0 aromatic carbocycles. The van der Waals surface area contributed by atoms with Gasteiger partial charge in [0.2, 0.25) is 11.1 Å². The Balaban J connectivity index is 2.30. The summed E-state index contributed by atoms with van der Waals surface area (Å²) in [6, 6.07) is 0.435. The van der Waals surface area contributed by atoms with E-state index >= 15 is 0 Å². The summed E-state index contributed by atoms with van der Waals surface area (Å²) >= 11 is 1.31. The summed E-state index contributed by atoms with van der Waals surface area (Å²) in [5.74, 6) is 1.10. The van der Waals surface area contributed by atoms with Gasteiger partial charge in [-0.1, -0.05) is 13.8 Å². The third kappa shape index (κ3) is 3.91. The predicted octanol–water partition coefficient (Wildman–Crippen LogP) is 2.36. The first-order valence-corrected chi connectivity index (χ1v) is 5.71. The average Bonchev–Trinajstić information content (AvgIpc) is 2.48. The Bertz CT molecular complexity index is 272. The Morgan fingerprint density at radius 1 is 1.36 bits per heavy atom. The fourth-order valence-electron chi connectivity index (χ4n) is 1.16. The van der Waals surface area contributed by atoms with E-state index in [2.05, 4.69) is 35.4 Å². The minimum Gasteiger partial charge on any atom is -0.367 e. The van der Waals surface area contributed by atoms with Crippen molar-refractivity contribution in [3.8, 4) is 0 Å². The standard InChI is InChI=1S/C9H18N4S/c1-6(2)4-5-7(3)11-9-12-8(10)13-14-9/h6-7H,4-5H2,1-3H3,(H3,10,11,12,13). The van der Waals surface area contributed by atoms with Gasteiger partial charge < -0.3 is 11.1 Å². The lowest BCUT2D eigenvalue weighted by atomic mass is 10.0. The Labute approximate surface area is 89.1 Å². The van der Waals surface area contributed by atoms with Crippen molar-refractivity contribution in [1.82, 2.24) is 9.36 Å². The number of aromatic nitrogens is 2. The molecule has 3 N–H and O–H groups in total. The summed E-state index contributed by atoms with van der Waals surface area (Å²) in [5, 5.41) is 4.10. The van der Waals surface area contributed by atoms with Crippen LogP contribution in [0, 0.1) is 5.92 Å². The van der Waals surface area contributed by atoms with Gasteiger partial charge in [-0.25, -0.2) is 0 Å². The number of hydrogen-bond acceptors (Lipinski definition) is 5. The van der Waals surface area contributed by atoms with Crippen molar-refractivity contribution in [2.24, 2.45) is 5.92 Å². The van der Waals surface area contributed by atoms with Crippen LogP contribution in [0.1, 0.15) is 33.6 Å². The molecule has 1 aromatic rings. The fourth-order valence-corrected chi connectivity index (χ4v) is 1.77. The van der Waals surface area contributed by atoms with Gasteiger partial charge in [-0.3, -0.25) is 0 Å². The topological polar surface area (TPSA) is 63.8 Å². The molecule has 80 valence electrons. The molecular formula is C9H18N4S. The number of nitrogen functional groups attached to an aromatic ring is 1. The molecule has 0 aliphatic carbocycles. The molecule has 1 heterocycles. The average molecular weight is 214 g/mol. The van der Waals surface area contributed by atoms with Crippen molar-refractivity contribution in [3.05, 3.63) is 0 Å². The molecule has 14 heavy (non-hydrogen) atoms. The highest BCUT2D eigenvalue weighted by Gasteiger charge is 2.06. The van der Waals surface area contributed by atoms with E-state index in [-0.39, 0.29) is 0 Å². The molecule has 0 radical (unpaired) electrons. The van der Waals surface area contributed by atoms with Crippen molar-refractivity contribution in [1.29, 1.82) is 0 Å². The van der Waals surface area contributed by atoms with Crippen LogP contribution in [-0.2, 0) is 0 Å². The van der Waals surface area contributed by atoms with Crippen LogP contribution in [-0.4, -0.2) is 15.4 Å². The van der Waals surface area contributed by atoms with Crippen molar-refractivity contribution in [3.63, 3.8) is 0 Å². The first kappa shape index (κ1) is 11.2. The van der Waals surface area contributed by atoms with Gasteiger partial charge >= 0.3 is 0 Å². The zero-order valence-electron chi connectivity index (χ0n) is 8.95. The Morgan fingerprint density at radius 3 is 2.57 bits per heavy atom. The van der Waals surface area contributed by atoms with Gasteiger partial charge in [0.1, 0.15) is 0 Å². The van der Waals surface area contributed by atoms with E-state index < -0.39 is 0 Å². The van der Waals surface area contributed by atoms with Crippen LogP contribution in [0.3, 0.4) is 0 Å². The van der Waals surface area contributed by atoms with E-state index in [9.17, 15) is 0 Å². The largest absolute Gasteiger partial charge is 0.367 e. The van der Waals surface area contributed by atoms with E-state index in [0.717, 1.165) is 17.5 Å². The number of anilines is 2. The van der Waals surface area contributed by atoms with Gasteiger partial charge in [-0.15, -0.1) is 0 Å². The van der Waals surface area contributed by atoms with Gasteiger partial charge in [0, 0.05) is 17.6 Å². The quantitative estimate of drug-likeness (QED) is 0.789. The molecule has 0 fully saturated rings. The van der Waals surface area contributed by atoms with E-state index in [1.165, 1.54) is 18.0 Å². The van der Waals surface area contributed by atoms with Crippen LogP contribution in [0.25, 0.3) is 0 Å². The summed E-state index contributed by atoms with van der Waals surface area (Å²) < 4.78 is 3.91. The lowest BCUT2D eigenvalue weighted by Gasteiger charge is -2.13. The van der Waals surface area contributed by atoms with Crippen LogP contribution >= 0.6 is 11.5 Å². The highest BCUT2D eigenvalue weighted by atomic mass is 32.1. The van der Waals surface area contributed by atoms with Gasteiger partial charge in [0.05, 0.1) is 0 Å². The number of nitrogens with zero attached hydrogens (tertiary/aromatic N) is 2. The predicted molar refractivity (Wildman–Crippen MR) is 61.5 cm³/mol. The molecule has 4 nitrogen and oxygen atoms in total. The van der Waals surface area contributed by atoms with Crippen molar-refractivity contribution >= 4 is 22.6 Å². The van der Waals surface area contributed by atoms with Crippen LogP contribution in [0.4, 0.5) is 11.1 Å². The minimum atomic E-state index is 0.355. The van der Waals surface area contributed by atoms with E-state index in [0.29, 0.717) is 12.0 Å². The van der Waals surface area contributed by atoms with Gasteiger partial charge in [0.25, 0.3) is 0 Å². The molecule has 0 bridgehead atoms. The maximum absolute atomic E-state index is 5.42. The Kier molecular flexibility index (Phi) is 4.13. The zero-order valence-corrected chi connectivity index (χ0v) is 9.77. The Morgan fingerprint density at radius 2 is 2.07 bits per heavy atom. The molecule has 1 unspecified atom stereocenters. The summed E-state index contributed by atoms with van der Waals surface area (Å²) in [6.07, 6.45) is 2.37. The summed E-state index contributed by atoms with van der Waals surface area (Å²) in [5.41, 5.74) is 5.42. The van der Waals surface area contributed by atoms with Crippen LogP contribution in [0.2, 0.25) is 0 Å². The molecule has 0 aliphatic heterocycles. The number of nitrogens with one attached hydrogen (secondary N) is 1. The van der Waals surface area contributed by atoms with E-state index in [1.54, 1.807) is 0 Å². The van der Waals surface area contributed by atoms with Crippen molar-refractivity contribution < 1.29 is 0 Å². The van der Waals surface area contributed by atoms with Crippen molar-refractivity contribution in [2.45, 2.75) is 39.7 Å². The second-order valence-corrected chi connectivity index (χ2v) is 4.73. The third-order valence-corrected chi connectivity index (χ3v) is 2.65. The molecule has 0 saturated heterocycles. The highest BCUT2D eigenvalue weighted by molar-refractivity contribution is 7.09. The molecule has 0 amide bonds. The first-order valence-electron chi connectivity index (χ1n) is 4.93. The normalized spacial score (nSPS) is 13.1. The third-order valence-electron chi connectivity index (χ3n) is 1.99. The molecular weight excluding hydrogens is 196 g/mol. The van der Waals surface area contributed by atoms with Gasteiger partial charge in [-0.2, -0.15) is 9.36 Å². The van der Waals surface area contributed by atoms with Gasteiger partial charge in [-0.05, 0) is 25.7 Å². The minimum absolute atomic E-state index is 0.355. The smallest absolute Gasteiger partial charge is 0.233 e. The van der Waals surface area contributed by atoms with E-state index in [4.69, 9.17) is 5.73 Å². The van der Waals surface area contributed by atoms with E-state index in [1.807, 2.05) is 0 Å². The molecule has 5 heteroatoms. The highest BCUT2D eigenvalue weighted by Crippen LogP contribution is 2.15. The molecule has 1 aromatic heterocycles. The summed E-state index contributed by atoms with van der Waals surface area (Å²) in [4.78, 5) is 4.05. The Hall–Kier alpha value is -0.840.